The molecule has 10 aromatic carbocycles. The molecule has 0 saturated carbocycles. The van der Waals surface area contributed by atoms with Gasteiger partial charge in [-0.1, -0.05) is 226 Å². The quantitative estimate of drug-likeness (QED) is 0.147. The Kier molecular flexibility index (Phi) is 9.14. The van der Waals surface area contributed by atoms with Crippen LogP contribution in [0.4, 0.5) is 17.1 Å². The van der Waals surface area contributed by atoms with Crippen LogP contribution in [0.3, 0.4) is 0 Å². The van der Waals surface area contributed by atoms with Crippen LogP contribution in [0, 0.1) is 0 Å². The summed E-state index contributed by atoms with van der Waals surface area (Å²) in [5.41, 5.74) is 23.1. The van der Waals surface area contributed by atoms with Crippen molar-refractivity contribution in [3.05, 3.63) is 282 Å². The molecule has 2 aliphatic rings. The van der Waals surface area contributed by atoms with Crippen molar-refractivity contribution in [3.63, 3.8) is 0 Å². The minimum absolute atomic E-state index is 0.273. The van der Waals surface area contributed by atoms with Gasteiger partial charge in [0.25, 0.3) is 0 Å². The second-order valence-electron chi connectivity index (χ2n) is 18.0. The number of hydrogen-bond acceptors (Lipinski definition) is 1. The van der Waals surface area contributed by atoms with Crippen LogP contribution in [0.15, 0.2) is 249 Å². The Morgan fingerprint density at radius 3 is 1.29 bits per heavy atom. The third-order valence-corrected chi connectivity index (χ3v) is 14.2. The molecular weight excluding hydrogens is 783 g/mol. The van der Waals surface area contributed by atoms with Crippen LogP contribution in [-0.2, 0) is 10.8 Å². The van der Waals surface area contributed by atoms with Gasteiger partial charge in [-0.2, -0.15) is 0 Å². The lowest BCUT2D eigenvalue weighted by molar-refractivity contribution is 0.656. The number of rotatable bonds is 8. The largest absolute Gasteiger partial charge is 0.310 e. The van der Waals surface area contributed by atoms with E-state index in [0.29, 0.717) is 0 Å². The van der Waals surface area contributed by atoms with Gasteiger partial charge in [0.15, 0.2) is 0 Å². The maximum Gasteiger partial charge on any atom is 0.0713 e. The molecule has 1 nitrogen and oxygen atoms in total. The zero-order valence-electron chi connectivity index (χ0n) is 36.6. The average molecular weight is 830 g/mol. The smallest absolute Gasteiger partial charge is 0.0713 e. The van der Waals surface area contributed by atoms with Crippen LogP contribution in [0.2, 0.25) is 0 Å². The van der Waals surface area contributed by atoms with Gasteiger partial charge in [0.05, 0.1) is 5.41 Å². The molecule has 0 saturated heterocycles. The van der Waals surface area contributed by atoms with E-state index >= 15 is 0 Å². The van der Waals surface area contributed by atoms with Gasteiger partial charge in [-0.25, -0.2) is 0 Å². The van der Waals surface area contributed by atoms with E-state index in [1.54, 1.807) is 0 Å². The molecular formula is C64H47N. The number of benzene rings is 10. The second-order valence-corrected chi connectivity index (χ2v) is 18.0. The molecule has 0 fully saturated rings. The number of hydrogen-bond donors (Lipinski definition) is 0. The Morgan fingerprint density at radius 2 is 0.708 bits per heavy atom. The van der Waals surface area contributed by atoms with E-state index < -0.39 is 5.41 Å². The van der Waals surface area contributed by atoms with Gasteiger partial charge in [-0.3, -0.25) is 0 Å². The van der Waals surface area contributed by atoms with Crippen LogP contribution in [0.25, 0.3) is 55.6 Å². The normalized spacial score (nSPS) is 13.6. The molecule has 0 radical (unpaired) electrons. The van der Waals surface area contributed by atoms with E-state index in [9.17, 15) is 0 Å². The number of nitrogens with zero attached hydrogens (tertiary/aromatic N) is 1. The Balaban J connectivity index is 1.06. The third-order valence-electron chi connectivity index (χ3n) is 14.2. The highest BCUT2D eigenvalue weighted by atomic mass is 15.1. The van der Waals surface area contributed by atoms with Crippen molar-refractivity contribution in [2.24, 2.45) is 0 Å². The summed E-state index contributed by atoms with van der Waals surface area (Å²) in [7, 11) is 0. The van der Waals surface area contributed by atoms with Crippen molar-refractivity contribution in [2.45, 2.75) is 24.7 Å². The standard InChI is InChI=1S/C64H47N/c1-63(2)56-41-40-53(65(51-28-16-7-17-29-51)52-38-36-47(37-39-52)46-34-32-45(33-35-46)44-20-8-3-9-21-44)42-55(56)62-58(63)43-59-61(60(62)48-22-10-4-11-23-48)54-30-18-19-31-57(54)64(59,49-24-12-5-13-25-49)50-26-14-6-15-27-50/h3-43H,1-2H3. The molecule has 0 spiro atoms. The van der Waals surface area contributed by atoms with Crippen molar-refractivity contribution < 1.29 is 0 Å². The first kappa shape index (κ1) is 38.7. The summed E-state index contributed by atoms with van der Waals surface area (Å²) in [5.74, 6) is 0. The second kappa shape index (κ2) is 15.4. The first-order chi connectivity index (χ1) is 32.0. The van der Waals surface area contributed by atoms with Crippen molar-refractivity contribution in [1.29, 1.82) is 0 Å². The van der Waals surface area contributed by atoms with Gasteiger partial charge >= 0.3 is 0 Å². The van der Waals surface area contributed by atoms with Crippen molar-refractivity contribution in [2.75, 3.05) is 4.90 Å². The fourth-order valence-corrected chi connectivity index (χ4v) is 11.1. The number of para-hydroxylation sites is 1. The molecule has 308 valence electrons. The lowest BCUT2D eigenvalue weighted by Crippen LogP contribution is -2.29. The van der Waals surface area contributed by atoms with E-state index in [-0.39, 0.29) is 5.41 Å². The van der Waals surface area contributed by atoms with Crippen molar-refractivity contribution in [3.8, 4) is 55.6 Å². The zero-order valence-corrected chi connectivity index (χ0v) is 36.6. The lowest BCUT2D eigenvalue weighted by Gasteiger charge is -2.35. The first-order valence-electron chi connectivity index (χ1n) is 22.8. The first-order valence-corrected chi connectivity index (χ1v) is 22.8. The molecule has 10 aromatic rings. The Hall–Kier alpha value is -8.00. The average Bonchev–Trinajstić information content (AvgIpc) is 3.80. The Morgan fingerprint density at radius 1 is 0.277 bits per heavy atom. The topological polar surface area (TPSA) is 3.24 Å². The van der Waals surface area contributed by atoms with Crippen LogP contribution < -0.4 is 4.90 Å². The van der Waals surface area contributed by atoms with Gasteiger partial charge in [-0.15, -0.1) is 0 Å². The molecule has 0 bridgehead atoms. The van der Waals surface area contributed by atoms with E-state index in [0.717, 1.165) is 17.1 Å². The summed E-state index contributed by atoms with van der Waals surface area (Å²) in [6, 6.07) is 91.8. The SMILES string of the molecule is CC1(C)c2ccc(N(c3ccccc3)c3ccc(-c4ccc(-c5ccccc5)cc4)cc3)cc2-c2c1cc1c(c2-c2ccccc2)-c2ccccc2C1(c1ccccc1)c1ccccc1. The molecule has 65 heavy (non-hydrogen) atoms. The van der Waals surface area contributed by atoms with Gasteiger partial charge in [0, 0.05) is 22.5 Å². The molecule has 0 atom stereocenters. The van der Waals surface area contributed by atoms with Crippen LogP contribution >= 0.6 is 0 Å². The van der Waals surface area contributed by atoms with E-state index in [2.05, 4.69) is 267 Å². The van der Waals surface area contributed by atoms with Crippen LogP contribution in [0.1, 0.15) is 47.2 Å². The zero-order chi connectivity index (χ0) is 43.5. The Labute approximate surface area is 382 Å². The molecule has 0 aromatic heterocycles. The van der Waals surface area contributed by atoms with E-state index in [4.69, 9.17) is 0 Å². The fraction of sp³-hybridized carbons (Fsp3) is 0.0625. The maximum atomic E-state index is 2.59. The molecule has 0 aliphatic heterocycles. The van der Waals surface area contributed by atoms with Gasteiger partial charge in [0.1, 0.15) is 0 Å². The fourth-order valence-electron chi connectivity index (χ4n) is 11.1. The lowest BCUT2D eigenvalue weighted by atomic mass is 9.66. The molecule has 1 heteroatoms. The van der Waals surface area contributed by atoms with Crippen molar-refractivity contribution >= 4 is 17.1 Å². The molecule has 0 heterocycles. The summed E-state index contributed by atoms with van der Waals surface area (Å²) in [4.78, 5) is 2.41. The van der Waals surface area contributed by atoms with Crippen molar-refractivity contribution in [1.82, 2.24) is 0 Å². The highest BCUT2D eigenvalue weighted by molar-refractivity contribution is 6.06. The predicted octanol–water partition coefficient (Wildman–Crippen LogP) is 16.8. The third kappa shape index (κ3) is 6.07. The monoisotopic (exact) mass is 829 g/mol. The highest BCUT2D eigenvalue weighted by Gasteiger charge is 2.50. The summed E-state index contributed by atoms with van der Waals surface area (Å²) in [6.07, 6.45) is 0. The summed E-state index contributed by atoms with van der Waals surface area (Å²) >= 11 is 0. The van der Waals surface area contributed by atoms with Gasteiger partial charge in [-0.05, 0) is 125 Å². The van der Waals surface area contributed by atoms with E-state index in [1.165, 1.54) is 89.0 Å². The molecule has 0 amide bonds. The summed E-state index contributed by atoms with van der Waals surface area (Å²) < 4.78 is 0. The van der Waals surface area contributed by atoms with E-state index in [1.807, 2.05) is 0 Å². The minimum Gasteiger partial charge on any atom is -0.310 e. The molecule has 0 N–H and O–H groups in total. The van der Waals surface area contributed by atoms with Crippen LogP contribution in [-0.4, -0.2) is 0 Å². The Bertz CT molecular complexity index is 3300. The highest BCUT2D eigenvalue weighted by Crippen LogP contribution is 2.64. The molecule has 2 aliphatic carbocycles. The maximum absolute atomic E-state index is 2.59. The number of anilines is 3. The summed E-state index contributed by atoms with van der Waals surface area (Å²) in [6.45, 7) is 4.85. The van der Waals surface area contributed by atoms with Gasteiger partial charge < -0.3 is 4.90 Å². The predicted molar refractivity (Wildman–Crippen MR) is 272 cm³/mol. The van der Waals surface area contributed by atoms with Gasteiger partial charge in [0.2, 0.25) is 0 Å². The number of fused-ring (bicyclic) bond motifs is 6. The molecule has 12 rings (SSSR count). The molecule has 0 unspecified atom stereocenters. The minimum atomic E-state index is -0.511. The van der Waals surface area contributed by atoms with Crippen LogP contribution in [0.5, 0.6) is 0 Å². The summed E-state index contributed by atoms with van der Waals surface area (Å²) in [5, 5.41) is 0.